The molecule has 1 atom stereocenters. The standard InChI is InChI=1S/C23H31NO7S/c1-2-22(32(28,29)30)24(14-16-25,15-17-26)13-6-18-31-21-11-9-20(10-12-21)23(27)19-7-4-3-5-8-19/h3-5,7-12,22,25-26H,2,6,13-18H2,1H3. The number of quaternary nitrogens is 1. The number of nitrogens with zero attached hydrogens (tertiary/aromatic N) is 1. The third-order valence-electron chi connectivity index (χ3n) is 5.55. The molecule has 0 amide bonds. The molecule has 0 radical (unpaired) electrons. The quantitative estimate of drug-likeness (QED) is 0.189. The molecule has 0 heterocycles. The van der Waals surface area contributed by atoms with Crippen molar-refractivity contribution >= 4 is 15.9 Å². The molecule has 0 saturated carbocycles. The second kappa shape index (κ2) is 12.1. The lowest BCUT2D eigenvalue weighted by Gasteiger charge is -2.44. The number of ketones is 1. The first-order valence-electron chi connectivity index (χ1n) is 10.6. The Bertz CT molecular complexity index is 940. The monoisotopic (exact) mass is 465 g/mol. The molecule has 2 aromatic rings. The van der Waals surface area contributed by atoms with Gasteiger partial charge in [0.2, 0.25) is 0 Å². The van der Waals surface area contributed by atoms with Crippen LogP contribution in [0.15, 0.2) is 54.6 Å². The number of hydrogen-bond donors (Lipinski definition) is 2. The first-order chi connectivity index (χ1) is 15.3. The maximum atomic E-state index is 12.5. The number of carbonyl (C=O) groups is 1. The van der Waals surface area contributed by atoms with Crippen LogP contribution in [0.2, 0.25) is 0 Å². The lowest BCUT2D eigenvalue weighted by atomic mass is 10.0. The summed E-state index contributed by atoms with van der Waals surface area (Å²) in [4.78, 5) is 12.5. The van der Waals surface area contributed by atoms with E-state index in [2.05, 4.69) is 0 Å². The second-order valence-electron chi connectivity index (χ2n) is 7.61. The molecule has 0 aliphatic heterocycles. The van der Waals surface area contributed by atoms with Crippen LogP contribution < -0.4 is 4.74 Å². The molecular weight excluding hydrogens is 434 g/mol. The van der Waals surface area contributed by atoms with E-state index in [4.69, 9.17) is 4.74 Å². The molecule has 0 aromatic heterocycles. The van der Waals surface area contributed by atoms with E-state index < -0.39 is 15.5 Å². The van der Waals surface area contributed by atoms with Crippen molar-refractivity contribution in [2.24, 2.45) is 0 Å². The third-order valence-corrected chi connectivity index (χ3v) is 7.00. The molecule has 0 bridgehead atoms. The fourth-order valence-corrected chi connectivity index (χ4v) is 5.33. The van der Waals surface area contributed by atoms with Gasteiger partial charge >= 0.3 is 0 Å². The minimum Gasteiger partial charge on any atom is -0.743 e. The van der Waals surface area contributed by atoms with E-state index in [-0.39, 0.29) is 56.1 Å². The minimum absolute atomic E-state index is 0.0524. The number of carbonyl (C=O) groups excluding carboxylic acids is 1. The molecule has 0 aliphatic carbocycles. The van der Waals surface area contributed by atoms with Gasteiger partial charge in [-0.3, -0.25) is 4.79 Å². The number of aliphatic hydroxyl groups excluding tert-OH is 2. The molecule has 2 rings (SSSR count). The molecule has 32 heavy (non-hydrogen) atoms. The molecule has 0 fully saturated rings. The molecule has 176 valence electrons. The number of benzene rings is 2. The van der Waals surface area contributed by atoms with Gasteiger partial charge in [0.25, 0.3) is 0 Å². The van der Waals surface area contributed by atoms with Crippen molar-refractivity contribution in [2.45, 2.75) is 25.1 Å². The highest BCUT2D eigenvalue weighted by molar-refractivity contribution is 7.86. The van der Waals surface area contributed by atoms with Crippen molar-refractivity contribution < 1.29 is 37.2 Å². The Kier molecular flexibility index (Phi) is 9.80. The van der Waals surface area contributed by atoms with Crippen molar-refractivity contribution in [3.05, 3.63) is 65.7 Å². The average Bonchev–Trinajstić information content (AvgIpc) is 2.77. The van der Waals surface area contributed by atoms with E-state index in [0.29, 0.717) is 23.3 Å². The summed E-state index contributed by atoms with van der Waals surface area (Å²) in [6, 6.07) is 15.7. The zero-order valence-corrected chi connectivity index (χ0v) is 19.0. The Morgan fingerprint density at radius 1 is 0.969 bits per heavy atom. The summed E-state index contributed by atoms with van der Waals surface area (Å²) in [5.74, 6) is 0.470. The van der Waals surface area contributed by atoms with Crippen LogP contribution in [0.5, 0.6) is 5.75 Å². The van der Waals surface area contributed by atoms with Crippen molar-refractivity contribution in [1.82, 2.24) is 0 Å². The van der Waals surface area contributed by atoms with E-state index in [1.54, 1.807) is 55.5 Å². The second-order valence-corrected chi connectivity index (χ2v) is 9.14. The van der Waals surface area contributed by atoms with Gasteiger partial charge in [-0.2, -0.15) is 0 Å². The average molecular weight is 466 g/mol. The predicted molar refractivity (Wildman–Crippen MR) is 119 cm³/mol. The zero-order valence-electron chi connectivity index (χ0n) is 18.2. The Hall–Kier alpha value is -2.30. The highest BCUT2D eigenvalue weighted by Gasteiger charge is 2.39. The van der Waals surface area contributed by atoms with Gasteiger partial charge in [0, 0.05) is 24.0 Å². The summed E-state index contributed by atoms with van der Waals surface area (Å²) in [6.07, 6.45) is 0.500. The smallest absolute Gasteiger partial charge is 0.193 e. The number of aliphatic hydroxyl groups is 2. The van der Waals surface area contributed by atoms with Gasteiger partial charge in [-0.15, -0.1) is 0 Å². The molecular formula is C23H31NO7S. The summed E-state index contributed by atoms with van der Waals surface area (Å²) in [6.45, 7) is 1.61. The van der Waals surface area contributed by atoms with Gasteiger partial charge in [0.05, 0.1) is 26.4 Å². The minimum atomic E-state index is -4.61. The molecule has 1 unspecified atom stereocenters. The Morgan fingerprint density at radius 3 is 2.03 bits per heavy atom. The van der Waals surface area contributed by atoms with E-state index in [0.717, 1.165) is 0 Å². The van der Waals surface area contributed by atoms with Gasteiger partial charge in [-0.1, -0.05) is 37.3 Å². The van der Waals surface area contributed by atoms with Crippen LogP contribution in [0.4, 0.5) is 0 Å². The Morgan fingerprint density at radius 2 is 1.53 bits per heavy atom. The van der Waals surface area contributed by atoms with E-state index in [1.165, 1.54) is 0 Å². The van der Waals surface area contributed by atoms with Crippen molar-refractivity contribution in [3.63, 3.8) is 0 Å². The summed E-state index contributed by atoms with van der Waals surface area (Å²) >= 11 is 0. The number of rotatable bonds is 14. The molecule has 9 heteroatoms. The lowest BCUT2D eigenvalue weighted by Crippen LogP contribution is -2.61. The zero-order chi connectivity index (χ0) is 23.6. The van der Waals surface area contributed by atoms with Gasteiger partial charge in [0.1, 0.15) is 29.0 Å². The summed E-state index contributed by atoms with van der Waals surface area (Å²) in [5, 5.41) is 17.7. The van der Waals surface area contributed by atoms with Crippen molar-refractivity contribution in [1.29, 1.82) is 0 Å². The predicted octanol–water partition coefficient (Wildman–Crippen LogP) is 1.77. The molecule has 2 aromatic carbocycles. The summed E-state index contributed by atoms with van der Waals surface area (Å²) < 4.78 is 40.9. The van der Waals surface area contributed by atoms with Crippen molar-refractivity contribution in [2.75, 3.05) is 39.5 Å². The van der Waals surface area contributed by atoms with Gasteiger partial charge < -0.3 is 24.0 Å². The lowest BCUT2D eigenvalue weighted by molar-refractivity contribution is -0.939. The highest BCUT2D eigenvalue weighted by atomic mass is 32.2. The van der Waals surface area contributed by atoms with E-state index in [9.17, 15) is 28.0 Å². The first-order valence-corrected chi connectivity index (χ1v) is 12.1. The molecule has 0 aliphatic rings. The van der Waals surface area contributed by atoms with Crippen molar-refractivity contribution in [3.8, 4) is 5.75 Å². The maximum Gasteiger partial charge on any atom is 0.193 e. The number of ether oxygens (including phenoxy) is 1. The fraction of sp³-hybridized carbons (Fsp3) is 0.435. The molecule has 8 nitrogen and oxygen atoms in total. The maximum absolute atomic E-state index is 12.5. The summed E-state index contributed by atoms with van der Waals surface area (Å²) in [5.41, 5.74) is 1.14. The van der Waals surface area contributed by atoms with Gasteiger partial charge in [0.15, 0.2) is 11.2 Å². The van der Waals surface area contributed by atoms with E-state index >= 15 is 0 Å². The van der Waals surface area contributed by atoms with Crippen LogP contribution in [0.1, 0.15) is 35.7 Å². The van der Waals surface area contributed by atoms with Crippen LogP contribution in [-0.2, 0) is 10.1 Å². The van der Waals surface area contributed by atoms with Crippen LogP contribution in [-0.4, -0.2) is 78.3 Å². The normalized spacial score (nSPS) is 13.0. The topological polar surface area (TPSA) is 124 Å². The SMILES string of the molecule is CCC([N+](CCO)(CCO)CCCOc1ccc(C(=O)c2ccccc2)cc1)S(=O)(=O)[O-]. The van der Waals surface area contributed by atoms with Crippen LogP contribution in [0.3, 0.4) is 0 Å². The fourth-order valence-electron chi connectivity index (χ4n) is 4.06. The molecule has 0 spiro atoms. The largest absolute Gasteiger partial charge is 0.743 e. The first kappa shape index (κ1) is 26.0. The Balaban J connectivity index is 2.00. The number of hydrogen-bond acceptors (Lipinski definition) is 7. The van der Waals surface area contributed by atoms with Crippen LogP contribution in [0, 0.1) is 0 Å². The molecule has 0 saturated heterocycles. The molecule has 2 N–H and O–H groups in total. The Labute approximate surface area is 189 Å². The summed E-state index contributed by atoms with van der Waals surface area (Å²) in [7, 11) is -4.61. The van der Waals surface area contributed by atoms with Crippen LogP contribution >= 0.6 is 0 Å². The highest BCUT2D eigenvalue weighted by Crippen LogP contribution is 2.22. The van der Waals surface area contributed by atoms with Crippen LogP contribution in [0.25, 0.3) is 0 Å². The van der Waals surface area contributed by atoms with Gasteiger partial charge in [-0.05, 0) is 24.3 Å². The third kappa shape index (κ3) is 6.85. The van der Waals surface area contributed by atoms with E-state index in [1.807, 2.05) is 6.07 Å². The van der Waals surface area contributed by atoms with Gasteiger partial charge in [-0.25, -0.2) is 8.42 Å².